The Morgan fingerprint density at radius 3 is 2.53 bits per heavy atom. The Hall–Kier alpha value is -2.13. The number of ether oxygens (including phenoxy) is 1. The number of hydrogen-bond acceptors (Lipinski definition) is 2. The van der Waals surface area contributed by atoms with Crippen LogP contribution in [0.2, 0.25) is 0 Å². The lowest BCUT2D eigenvalue weighted by Gasteiger charge is -2.07. The number of carbonyl (C=O) groups is 1. The Morgan fingerprint density at radius 2 is 1.79 bits per heavy atom. The van der Waals surface area contributed by atoms with Crippen LogP contribution in [-0.2, 0) is 17.9 Å². The number of benzene rings is 2. The van der Waals surface area contributed by atoms with Crippen molar-refractivity contribution in [1.82, 2.24) is 5.32 Å². The van der Waals surface area contributed by atoms with E-state index in [0.717, 1.165) is 11.1 Å². The lowest BCUT2D eigenvalue weighted by molar-refractivity contribution is 0.0950. The van der Waals surface area contributed by atoms with Gasteiger partial charge in [-0.05, 0) is 23.3 Å². The van der Waals surface area contributed by atoms with E-state index >= 15 is 0 Å². The van der Waals surface area contributed by atoms with Crippen molar-refractivity contribution < 1.29 is 9.53 Å². The van der Waals surface area contributed by atoms with Gasteiger partial charge in [-0.1, -0.05) is 42.5 Å². The van der Waals surface area contributed by atoms with E-state index in [-0.39, 0.29) is 5.91 Å². The molecule has 0 aromatic heterocycles. The minimum atomic E-state index is -0.0678. The van der Waals surface area contributed by atoms with Crippen molar-refractivity contribution in [3.05, 3.63) is 71.3 Å². The molecule has 0 radical (unpaired) electrons. The van der Waals surface area contributed by atoms with Gasteiger partial charge in [-0.3, -0.25) is 4.79 Å². The van der Waals surface area contributed by atoms with Gasteiger partial charge in [-0.25, -0.2) is 0 Å². The lowest BCUT2D eigenvalue weighted by atomic mass is 10.1. The highest BCUT2D eigenvalue weighted by Crippen LogP contribution is 2.07. The molecule has 0 spiro atoms. The average Bonchev–Trinajstić information content (AvgIpc) is 2.46. The fourth-order valence-corrected chi connectivity index (χ4v) is 1.85. The van der Waals surface area contributed by atoms with Crippen LogP contribution in [0, 0.1) is 0 Å². The molecule has 0 saturated heterocycles. The molecule has 3 heteroatoms. The van der Waals surface area contributed by atoms with E-state index in [4.69, 9.17) is 4.74 Å². The summed E-state index contributed by atoms with van der Waals surface area (Å²) in [6, 6.07) is 17.3. The van der Waals surface area contributed by atoms with Crippen molar-refractivity contribution >= 4 is 5.91 Å². The Labute approximate surface area is 113 Å². The number of nitrogens with one attached hydrogen (secondary N) is 1. The molecule has 2 aromatic rings. The normalized spacial score (nSPS) is 10.2. The molecule has 2 rings (SSSR count). The summed E-state index contributed by atoms with van der Waals surface area (Å²) in [5, 5.41) is 2.90. The van der Waals surface area contributed by atoms with E-state index < -0.39 is 0 Å². The quantitative estimate of drug-likeness (QED) is 0.892. The van der Waals surface area contributed by atoms with Gasteiger partial charge in [0.25, 0.3) is 5.91 Å². The van der Waals surface area contributed by atoms with Crippen molar-refractivity contribution in [2.24, 2.45) is 0 Å². The second-order valence-electron chi connectivity index (χ2n) is 4.30. The minimum absolute atomic E-state index is 0.0678. The number of methoxy groups -OCH3 is 1. The second kappa shape index (κ2) is 6.71. The molecule has 0 aliphatic heterocycles. The van der Waals surface area contributed by atoms with Crippen molar-refractivity contribution in [3.8, 4) is 0 Å². The molecule has 0 fully saturated rings. The first-order chi connectivity index (χ1) is 9.29. The fraction of sp³-hybridized carbons (Fsp3) is 0.188. The van der Waals surface area contributed by atoms with E-state index in [1.807, 2.05) is 48.5 Å². The summed E-state index contributed by atoms with van der Waals surface area (Å²) >= 11 is 0. The molecule has 0 aliphatic rings. The standard InChI is InChI=1S/C16H17NO2/c1-19-12-14-8-5-9-15(10-14)16(18)17-11-13-6-3-2-4-7-13/h2-10H,11-12H2,1H3,(H,17,18). The molecule has 0 aliphatic carbocycles. The Bertz CT molecular complexity index is 537. The van der Waals surface area contributed by atoms with Gasteiger partial charge in [-0.15, -0.1) is 0 Å². The van der Waals surface area contributed by atoms with Gasteiger partial charge < -0.3 is 10.1 Å². The summed E-state index contributed by atoms with van der Waals surface area (Å²) in [6.07, 6.45) is 0. The Morgan fingerprint density at radius 1 is 1.05 bits per heavy atom. The van der Waals surface area contributed by atoms with Crippen LogP contribution in [0.1, 0.15) is 21.5 Å². The van der Waals surface area contributed by atoms with Gasteiger partial charge >= 0.3 is 0 Å². The fourth-order valence-electron chi connectivity index (χ4n) is 1.85. The maximum Gasteiger partial charge on any atom is 0.251 e. The third kappa shape index (κ3) is 3.93. The third-order valence-corrected chi connectivity index (χ3v) is 2.80. The molecular formula is C16H17NO2. The first-order valence-corrected chi connectivity index (χ1v) is 6.19. The van der Waals surface area contributed by atoms with E-state index in [0.29, 0.717) is 18.7 Å². The van der Waals surface area contributed by atoms with Crippen LogP contribution in [0.15, 0.2) is 54.6 Å². The summed E-state index contributed by atoms with van der Waals surface area (Å²) in [5.41, 5.74) is 2.74. The van der Waals surface area contributed by atoms with E-state index in [1.54, 1.807) is 13.2 Å². The maximum atomic E-state index is 12.0. The molecule has 2 aromatic carbocycles. The first-order valence-electron chi connectivity index (χ1n) is 6.19. The van der Waals surface area contributed by atoms with Crippen LogP contribution in [0.25, 0.3) is 0 Å². The smallest absolute Gasteiger partial charge is 0.251 e. The topological polar surface area (TPSA) is 38.3 Å². The SMILES string of the molecule is COCc1cccc(C(=O)NCc2ccccc2)c1. The molecule has 98 valence electrons. The van der Waals surface area contributed by atoms with Gasteiger partial charge in [0, 0.05) is 19.2 Å². The molecule has 0 atom stereocenters. The Kier molecular flexibility index (Phi) is 4.70. The van der Waals surface area contributed by atoms with Crippen molar-refractivity contribution in [2.75, 3.05) is 7.11 Å². The number of rotatable bonds is 5. The van der Waals surface area contributed by atoms with Crippen LogP contribution in [-0.4, -0.2) is 13.0 Å². The summed E-state index contributed by atoms with van der Waals surface area (Å²) in [7, 11) is 1.64. The second-order valence-corrected chi connectivity index (χ2v) is 4.30. The predicted octanol–water partition coefficient (Wildman–Crippen LogP) is 2.76. The number of carbonyl (C=O) groups excluding carboxylic acids is 1. The molecule has 0 bridgehead atoms. The zero-order valence-electron chi connectivity index (χ0n) is 10.9. The molecule has 1 N–H and O–H groups in total. The first kappa shape index (κ1) is 13.3. The zero-order chi connectivity index (χ0) is 13.5. The summed E-state index contributed by atoms with van der Waals surface area (Å²) in [4.78, 5) is 12.0. The van der Waals surface area contributed by atoms with Crippen LogP contribution in [0.5, 0.6) is 0 Å². The van der Waals surface area contributed by atoms with Crippen LogP contribution >= 0.6 is 0 Å². The van der Waals surface area contributed by atoms with Gasteiger partial charge in [0.05, 0.1) is 6.61 Å². The average molecular weight is 255 g/mol. The van der Waals surface area contributed by atoms with E-state index in [1.165, 1.54) is 0 Å². The minimum Gasteiger partial charge on any atom is -0.380 e. The highest BCUT2D eigenvalue weighted by Gasteiger charge is 2.05. The van der Waals surface area contributed by atoms with Crippen LogP contribution in [0.3, 0.4) is 0 Å². The van der Waals surface area contributed by atoms with Gasteiger partial charge in [0.2, 0.25) is 0 Å². The van der Waals surface area contributed by atoms with Crippen molar-refractivity contribution in [2.45, 2.75) is 13.2 Å². The lowest BCUT2D eigenvalue weighted by Crippen LogP contribution is -2.22. The van der Waals surface area contributed by atoms with E-state index in [2.05, 4.69) is 5.32 Å². The largest absolute Gasteiger partial charge is 0.380 e. The van der Waals surface area contributed by atoms with Gasteiger partial charge in [0.1, 0.15) is 0 Å². The van der Waals surface area contributed by atoms with Crippen molar-refractivity contribution in [1.29, 1.82) is 0 Å². The number of amides is 1. The summed E-state index contributed by atoms with van der Waals surface area (Å²) in [5.74, 6) is -0.0678. The molecular weight excluding hydrogens is 238 g/mol. The molecule has 0 unspecified atom stereocenters. The molecule has 3 nitrogen and oxygen atoms in total. The van der Waals surface area contributed by atoms with E-state index in [9.17, 15) is 4.79 Å². The Balaban J connectivity index is 1.98. The van der Waals surface area contributed by atoms with Crippen LogP contribution < -0.4 is 5.32 Å². The van der Waals surface area contributed by atoms with Crippen molar-refractivity contribution in [3.63, 3.8) is 0 Å². The molecule has 19 heavy (non-hydrogen) atoms. The molecule has 0 heterocycles. The summed E-state index contributed by atoms with van der Waals surface area (Å²) < 4.78 is 5.06. The summed E-state index contributed by atoms with van der Waals surface area (Å²) in [6.45, 7) is 1.05. The highest BCUT2D eigenvalue weighted by atomic mass is 16.5. The maximum absolute atomic E-state index is 12.0. The predicted molar refractivity (Wildman–Crippen MR) is 74.8 cm³/mol. The molecule has 1 amide bonds. The van der Waals surface area contributed by atoms with Gasteiger partial charge in [-0.2, -0.15) is 0 Å². The number of hydrogen-bond donors (Lipinski definition) is 1. The van der Waals surface area contributed by atoms with Gasteiger partial charge in [0.15, 0.2) is 0 Å². The third-order valence-electron chi connectivity index (χ3n) is 2.80. The molecule has 0 saturated carbocycles. The highest BCUT2D eigenvalue weighted by molar-refractivity contribution is 5.94. The zero-order valence-corrected chi connectivity index (χ0v) is 10.9. The monoisotopic (exact) mass is 255 g/mol. The van der Waals surface area contributed by atoms with Crippen LogP contribution in [0.4, 0.5) is 0 Å².